The first-order chi connectivity index (χ1) is 20.7. The van der Waals surface area contributed by atoms with Crippen LogP contribution < -0.4 is 30.7 Å². The van der Waals surface area contributed by atoms with Crippen LogP contribution in [-0.2, 0) is 21.3 Å². The van der Waals surface area contributed by atoms with Gasteiger partial charge in [0.15, 0.2) is 0 Å². The molecule has 8 atom stereocenters. The number of aliphatic hydroxyl groups excluding tert-OH is 2. The molecule has 4 aliphatic heterocycles. The summed E-state index contributed by atoms with van der Waals surface area (Å²) in [5, 5.41) is 31.2. The predicted molar refractivity (Wildman–Crippen MR) is 159 cm³/mol. The van der Waals surface area contributed by atoms with Gasteiger partial charge >= 0.3 is 267 Å². The molecule has 4 bridgehead atoms. The van der Waals surface area contributed by atoms with Crippen LogP contribution in [0.4, 0.5) is 4.79 Å². The number of piperidine rings is 1. The van der Waals surface area contributed by atoms with E-state index in [0.29, 0.717) is 17.5 Å². The van der Waals surface area contributed by atoms with Gasteiger partial charge in [-0.3, -0.25) is 0 Å². The fraction of sp³-hybridized carbons (Fsp3) is 0.794. The van der Waals surface area contributed by atoms with Crippen LogP contribution in [0.1, 0.15) is 77.8 Å². The van der Waals surface area contributed by atoms with E-state index in [2.05, 4.69) is 38.7 Å². The van der Waals surface area contributed by atoms with Gasteiger partial charge in [-0.25, -0.2) is 0 Å². The van der Waals surface area contributed by atoms with Crippen molar-refractivity contribution >= 4 is 6.16 Å². The zero-order valence-corrected chi connectivity index (χ0v) is 29.1. The molecule has 1 aromatic rings. The minimum atomic E-state index is -1.01. The van der Waals surface area contributed by atoms with Crippen LogP contribution in [0.15, 0.2) is 12.1 Å². The molecule has 246 valence electrons. The second-order valence-electron chi connectivity index (χ2n) is 15.6. The van der Waals surface area contributed by atoms with Crippen LogP contribution in [-0.4, -0.2) is 96.6 Å². The number of hydrogen-bond donors (Lipinski definition) is 3. The second kappa shape index (κ2) is 10.2. The van der Waals surface area contributed by atoms with Gasteiger partial charge in [-0.05, 0) is 0 Å². The van der Waals surface area contributed by atoms with E-state index < -0.39 is 35.7 Å². The van der Waals surface area contributed by atoms with Crippen LogP contribution in [0.2, 0.25) is 0 Å². The number of likely N-dealkylation sites (tertiary alicyclic amines) is 1. The van der Waals surface area contributed by atoms with E-state index in [1.165, 1.54) is 24.0 Å². The van der Waals surface area contributed by atoms with Crippen LogP contribution in [0, 0.1) is 17.3 Å². The zero-order chi connectivity index (χ0) is 31.5. The molecule has 0 amide bonds. The van der Waals surface area contributed by atoms with Gasteiger partial charge in [0.25, 0.3) is 0 Å². The molecular formula is C34H49INO8-. The van der Waals surface area contributed by atoms with Crippen LogP contribution in [0.3, 0.4) is 0 Å². The predicted octanol–water partition coefficient (Wildman–Crippen LogP) is 0.418. The average Bonchev–Trinajstić information content (AvgIpc) is 3.74. The number of nitrogens with zero attached hydrogens (tertiary/aromatic N) is 1. The zero-order valence-electron chi connectivity index (χ0n) is 27.0. The van der Waals surface area contributed by atoms with Gasteiger partial charge < -0.3 is 5.11 Å². The van der Waals surface area contributed by atoms with E-state index in [1.54, 1.807) is 7.11 Å². The Morgan fingerprint density at radius 1 is 1.25 bits per heavy atom. The summed E-state index contributed by atoms with van der Waals surface area (Å²) in [6.45, 7) is 12.3. The Kier molecular flexibility index (Phi) is 7.25. The number of benzene rings is 1. The maximum absolute atomic E-state index is 12.9. The van der Waals surface area contributed by atoms with Gasteiger partial charge in [0.05, 0.1) is 0 Å². The molecule has 8 rings (SSSR count). The van der Waals surface area contributed by atoms with Crippen molar-refractivity contribution in [3.8, 4) is 11.5 Å². The van der Waals surface area contributed by atoms with E-state index in [9.17, 15) is 15.0 Å². The Morgan fingerprint density at radius 3 is 2.66 bits per heavy atom. The van der Waals surface area contributed by atoms with Gasteiger partial charge in [0.2, 0.25) is 0 Å². The number of alkyl halides is 2. The Morgan fingerprint density at radius 2 is 2.00 bits per heavy atom. The summed E-state index contributed by atoms with van der Waals surface area (Å²) in [7, 11) is 1.81. The normalized spacial score (nSPS) is 39.0. The van der Waals surface area contributed by atoms with Crippen molar-refractivity contribution in [1.82, 2.24) is 4.90 Å². The summed E-state index contributed by atoms with van der Waals surface area (Å²) >= 11 is -0.360. The molecule has 7 aliphatic rings. The molecule has 9 nitrogen and oxygen atoms in total. The number of halogens is 1. The van der Waals surface area contributed by atoms with Crippen molar-refractivity contribution < 1.29 is 60.3 Å². The fourth-order valence-electron chi connectivity index (χ4n) is 9.83. The summed E-state index contributed by atoms with van der Waals surface area (Å²) in [5.74, 6) is 1.62. The van der Waals surface area contributed by atoms with Crippen molar-refractivity contribution in [2.45, 2.75) is 111 Å². The molecule has 3 aliphatic carbocycles. The van der Waals surface area contributed by atoms with Crippen molar-refractivity contribution in [2.24, 2.45) is 17.3 Å². The number of hydrogen-bond acceptors (Lipinski definition) is 9. The van der Waals surface area contributed by atoms with Gasteiger partial charge in [0.1, 0.15) is 0 Å². The Balaban J connectivity index is 1.36. The molecule has 1 aromatic carbocycles. The molecule has 0 radical (unpaired) electrons. The third-order valence-corrected chi connectivity index (χ3v) is 17.8. The number of fused-ring (bicyclic) bond motifs is 2. The first-order valence-corrected chi connectivity index (χ1v) is 18.9. The SMILES string of the molecule is CO[C@]12C[I-][C@@]3(C[C@@H]1[C@](C)(O)C(C)(C)C)[C@H]1Cc4ccc(OC(=O)OCCC(O)CO)c5c4[C@@]3(CCN1CC1CC1)[C@]2(C)O5. The third kappa shape index (κ3) is 3.90. The maximum atomic E-state index is 12.9. The molecule has 1 unspecified atom stereocenters. The first-order valence-electron chi connectivity index (χ1n) is 16.3. The molecule has 3 saturated heterocycles. The number of methoxy groups -OCH3 is 1. The van der Waals surface area contributed by atoms with Crippen molar-refractivity contribution in [2.75, 3.05) is 37.8 Å². The molecule has 3 N–H and O–H groups in total. The van der Waals surface area contributed by atoms with Crippen molar-refractivity contribution in [3.05, 3.63) is 23.3 Å². The van der Waals surface area contributed by atoms with Gasteiger partial charge in [-0.15, -0.1) is 0 Å². The van der Waals surface area contributed by atoms with Gasteiger partial charge in [0, 0.05) is 0 Å². The Hall–Kier alpha value is -1.18. The van der Waals surface area contributed by atoms with E-state index in [-0.39, 0.29) is 54.4 Å². The molecule has 5 fully saturated rings. The summed E-state index contributed by atoms with van der Waals surface area (Å²) in [5.41, 5.74) is -0.731. The molecule has 10 heteroatoms. The monoisotopic (exact) mass is 726 g/mol. The Bertz CT molecular complexity index is 1340. The van der Waals surface area contributed by atoms with Crippen LogP contribution in [0.5, 0.6) is 11.5 Å². The number of ether oxygens (including phenoxy) is 4. The van der Waals surface area contributed by atoms with Crippen molar-refractivity contribution in [1.29, 1.82) is 0 Å². The number of aliphatic hydroxyl groups is 3. The quantitative estimate of drug-likeness (QED) is 0.144. The minimum absolute atomic E-state index is 0.0221. The fourth-order valence-corrected chi connectivity index (χ4v) is 16.2. The summed E-state index contributed by atoms with van der Waals surface area (Å²) in [6, 6.07) is 4.35. The number of rotatable bonds is 9. The van der Waals surface area contributed by atoms with Crippen LogP contribution >= 0.6 is 0 Å². The third-order valence-electron chi connectivity index (χ3n) is 12.8. The molecular weight excluding hydrogens is 677 g/mol. The van der Waals surface area contributed by atoms with E-state index >= 15 is 0 Å². The van der Waals surface area contributed by atoms with Gasteiger partial charge in [-0.1, -0.05) is 0 Å². The molecule has 4 heterocycles. The molecule has 2 saturated carbocycles. The van der Waals surface area contributed by atoms with E-state index in [1.807, 2.05) is 13.0 Å². The molecule has 44 heavy (non-hydrogen) atoms. The second-order valence-corrected chi connectivity index (χ2v) is 19.0. The number of carbonyl (C=O) groups excluding carboxylic acids is 1. The Labute approximate surface area is 271 Å². The average molecular weight is 727 g/mol. The molecule has 2 spiro atoms. The first kappa shape index (κ1) is 31.4. The van der Waals surface area contributed by atoms with Crippen LogP contribution in [0.25, 0.3) is 0 Å². The number of carbonyl (C=O) groups is 1. The van der Waals surface area contributed by atoms with E-state index in [0.717, 1.165) is 42.7 Å². The summed E-state index contributed by atoms with van der Waals surface area (Å²) in [6.07, 6.45) is 3.74. The summed E-state index contributed by atoms with van der Waals surface area (Å²) in [4.78, 5) is 15.7. The topological polar surface area (TPSA) is 118 Å². The standard InChI is InChI=1S/C34H49INO8/c1-29(2,3)30(4,40)24-16-33-25-15-21-9-10-23(43-28(39)42-14-11-22(38)18-37)27-26(21)32(33,12-13-36(25)17-20-7-8-20)31(5,44-27)34(24,41-6)19-35-33/h9-10,20,22,24-25,37-38,40H,7-8,11-19H2,1-6H3/q-1/t22?,24-,25-,30+,31+,32+,33+,34-/m1/s1. The van der Waals surface area contributed by atoms with Gasteiger partial charge in [-0.2, -0.15) is 0 Å². The molecule has 0 aromatic heterocycles. The summed E-state index contributed by atoms with van der Waals surface area (Å²) < 4.78 is 26.1. The van der Waals surface area contributed by atoms with E-state index in [4.69, 9.17) is 24.1 Å². The van der Waals surface area contributed by atoms with Crippen molar-refractivity contribution in [3.63, 3.8) is 0 Å².